The van der Waals surface area contributed by atoms with Crippen LogP contribution >= 0.6 is 0 Å². The van der Waals surface area contributed by atoms with Gasteiger partial charge in [0.25, 0.3) is 0 Å². The fourth-order valence-corrected chi connectivity index (χ4v) is 3.09. The molecule has 2 heterocycles. The molecule has 142 valence electrons. The number of ether oxygens (including phenoxy) is 2. The van der Waals surface area contributed by atoms with Crippen LogP contribution in [0.3, 0.4) is 0 Å². The normalized spacial score (nSPS) is 19.4. The fourth-order valence-electron chi connectivity index (χ4n) is 3.09. The zero-order valence-corrected chi connectivity index (χ0v) is 14.5. The van der Waals surface area contributed by atoms with E-state index in [1.807, 2.05) is 23.3 Å². The van der Waals surface area contributed by atoms with Crippen molar-refractivity contribution in [3.8, 4) is 5.75 Å². The lowest BCUT2D eigenvalue weighted by molar-refractivity contribution is -0.0498. The summed E-state index contributed by atoms with van der Waals surface area (Å²) in [4.78, 5) is 0. The zero-order chi connectivity index (χ0) is 18.6. The number of hydrogen-bond donors (Lipinski definition) is 2. The highest BCUT2D eigenvalue weighted by Crippen LogP contribution is 2.28. The van der Waals surface area contributed by atoms with E-state index in [4.69, 9.17) is 4.74 Å². The van der Waals surface area contributed by atoms with E-state index in [0.29, 0.717) is 6.61 Å². The molecule has 1 atom stereocenters. The Bertz CT molecular complexity index is 777. The van der Waals surface area contributed by atoms with E-state index in [0.717, 1.165) is 30.0 Å². The molecule has 2 aliphatic heterocycles. The summed E-state index contributed by atoms with van der Waals surface area (Å²) in [5, 5.41) is 7.05. The topological polar surface area (TPSA) is 49.0 Å². The van der Waals surface area contributed by atoms with Gasteiger partial charge in [-0.2, -0.15) is 13.9 Å². The molecule has 0 aliphatic carbocycles. The number of morpholine rings is 1. The van der Waals surface area contributed by atoms with E-state index in [1.165, 1.54) is 12.1 Å². The maximum absolute atomic E-state index is 12.3. The van der Waals surface area contributed by atoms with Crippen LogP contribution in [0, 0.1) is 0 Å². The lowest BCUT2D eigenvalue weighted by atomic mass is 10.1. The smallest absolute Gasteiger partial charge is 0.387 e. The number of hydrazine groups is 2. The molecule has 0 unspecified atom stereocenters. The van der Waals surface area contributed by atoms with E-state index in [1.54, 1.807) is 23.5 Å². The molecule has 2 N–H and O–H groups in total. The Kier molecular flexibility index (Phi) is 5.08. The van der Waals surface area contributed by atoms with Crippen molar-refractivity contribution >= 4 is 11.4 Å². The van der Waals surface area contributed by atoms with Gasteiger partial charge < -0.3 is 14.8 Å². The van der Waals surface area contributed by atoms with Gasteiger partial charge in [0, 0.05) is 25.5 Å². The number of benzene rings is 2. The van der Waals surface area contributed by atoms with Crippen LogP contribution in [0.4, 0.5) is 20.2 Å². The molecular weight excluding hydrogens is 354 g/mol. The number of rotatable bonds is 5. The van der Waals surface area contributed by atoms with Gasteiger partial charge in [0.15, 0.2) is 0 Å². The third-order valence-electron chi connectivity index (χ3n) is 4.39. The first kappa shape index (κ1) is 17.6. The van der Waals surface area contributed by atoms with E-state index in [-0.39, 0.29) is 11.9 Å². The molecule has 6 nitrogen and oxygen atoms in total. The average Bonchev–Trinajstić information content (AvgIpc) is 3.19. The fraction of sp³-hybridized carbons (Fsp3) is 0.263. The van der Waals surface area contributed by atoms with Crippen molar-refractivity contribution in [2.24, 2.45) is 0 Å². The summed E-state index contributed by atoms with van der Waals surface area (Å²) in [6.07, 6.45) is 3.75. The van der Waals surface area contributed by atoms with Crippen LogP contribution in [-0.2, 0) is 4.74 Å². The Balaban J connectivity index is 1.48. The molecule has 0 bridgehead atoms. The highest BCUT2D eigenvalue weighted by Gasteiger charge is 2.20. The molecule has 0 saturated carbocycles. The summed E-state index contributed by atoms with van der Waals surface area (Å²) in [7, 11) is 0. The minimum absolute atomic E-state index is 0.0681. The lowest BCUT2D eigenvalue weighted by Gasteiger charge is -2.30. The first-order valence-corrected chi connectivity index (χ1v) is 8.70. The Morgan fingerprint density at radius 1 is 1.04 bits per heavy atom. The SMILES string of the molecule is FC(F)Oc1ccc(N2NC=CN2c2ccc([C@H]3CNCCO3)cc2)cc1. The van der Waals surface area contributed by atoms with Crippen molar-refractivity contribution in [3.05, 3.63) is 66.5 Å². The second kappa shape index (κ2) is 7.81. The summed E-state index contributed by atoms with van der Waals surface area (Å²) in [6.45, 7) is -0.427. The average molecular weight is 374 g/mol. The molecule has 2 aromatic rings. The van der Waals surface area contributed by atoms with Gasteiger partial charge in [-0.05, 0) is 42.0 Å². The van der Waals surface area contributed by atoms with Crippen LogP contribution in [0.1, 0.15) is 11.7 Å². The van der Waals surface area contributed by atoms with Crippen molar-refractivity contribution in [1.29, 1.82) is 0 Å². The number of nitrogens with one attached hydrogen (secondary N) is 2. The number of hydrogen-bond acceptors (Lipinski definition) is 6. The maximum atomic E-state index is 12.3. The lowest BCUT2D eigenvalue weighted by Crippen LogP contribution is -2.41. The van der Waals surface area contributed by atoms with Crippen molar-refractivity contribution in [2.75, 3.05) is 29.8 Å². The second-order valence-electron chi connectivity index (χ2n) is 6.13. The van der Waals surface area contributed by atoms with E-state index in [9.17, 15) is 8.78 Å². The standard InChI is InChI=1S/C19H20F2N4O2/c20-19(21)27-17-7-5-16(6-8-17)25-23-9-11-24(25)15-3-1-14(2-4-15)18-13-22-10-12-26-18/h1-9,11,18-19,22-23H,10,12-13H2/t18-/m1/s1. The molecule has 8 heteroatoms. The van der Waals surface area contributed by atoms with Gasteiger partial charge in [0.05, 0.1) is 24.1 Å². The van der Waals surface area contributed by atoms with E-state index in [2.05, 4.69) is 27.6 Å². The first-order valence-electron chi connectivity index (χ1n) is 8.70. The zero-order valence-electron chi connectivity index (χ0n) is 14.5. The van der Waals surface area contributed by atoms with Gasteiger partial charge in [0.1, 0.15) is 5.75 Å². The van der Waals surface area contributed by atoms with Crippen LogP contribution < -0.4 is 25.6 Å². The van der Waals surface area contributed by atoms with E-state index >= 15 is 0 Å². The minimum Gasteiger partial charge on any atom is -0.435 e. The molecule has 4 rings (SSSR count). The van der Waals surface area contributed by atoms with Crippen LogP contribution in [0.5, 0.6) is 5.75 Å². The van der Waals surface area contributed by atoms with Gasteiger partial charge in [0.2, 0.25) is 0 Å². The number of anilines is 2. The second-order valence-corrected chi connectivity index (χ2v) is 6.13. The molecule has 0 radical (unpaired) electrons. The highest BCUT2D eigenvalue weighted by molar-refractivity contribution is 5.62. The number of nitrogens with zero attached hydrogens (tertiary/aromatic N) is 2. The summed E-state index contributed by atoms with van der Waals surface area (Å²) in [6, 6.07) is 14.6. The molecule has 0 spiro atoms. The van der Waals surface area contributed by atoms with E-state index < -0.39 is 6.61 Å². The van der Waals surface area contributed by atoms with Crippen LogP contribution in [0.15, 0.2) is 60.9 Å². The molecule has 2 aromatic carbocycles. The Morgan fingerprint density at radius 2 is 1.78 bits per heavy atom. The molecule has 2 aliphatic rings. The number of halogens is 2. The molecular formula is C19H20F2N4O2. The summed E-state index contributed by atoms with van der Waals surface area (Å²) >= 11 is 0. The molecule has 0 amide bonds. The van der Waals surface area contributed by atoms with Gasteiger partial charge in [-0.3, -0.25) is 5.43 Å². The summed E-state index contributed by atoms with van der Waals surface area (Å²) in [5.74, 6) is 0.123. The third-order valence-corrected chi connectivity index (χ3v) is 4.39. The molecule has 1 saturated heterocycles. The largest absolute Gasteiger partial charge is 0.435 e. The predicted molar refractivity (Wildman–Crippen MR) is 98.3 cm³/mol. The maximum Gasteiger partial charge on any atom is 0.387 e. The van der Waals surface area contributed by atoms with Gasteiger partial charge in [-0.15, -0.1) is 0 Å². The van der Waals surface area contributed by atoms with Crippen molar-refractivity contribution in [1.82, 2.24) is 10.7 Å². The first-order chi connectivity index (χ1) is 13.2. The third kappa shape index (κ3) is 3.96. The monoisotopic (exact) mass is 374 g/mol. The van der Waals surface area contributed by atoms with Crippen LogP contribution in [0.2, 0.25) is 0 Å². The quantitative estimate of drug-likeness (QED) is 0.839. The van der Waals surface area contributed by atoms with Gasteiger partial charge in [-0.25, -0.2) is 5.01 Å². The highest BCUT2D eigenvalue weighted by atomic mass is 19.3. The Hall–Kier alpha value is -2.84. The predicted octanol–water partition coefficient (Wildman–Crippen LogP) is 3.17. The Morgan fingerprint density at radius 3 is 2.44 bits per heavy atom. The van der Waals surface area contributed by atoms with Crippen molar-refractivity contribution in [2.45, 2.75) is 12.7 Å². The minimum atomic E-state index is -2.83. The molecule has 27 heavy (non-hydrogen) atoms. The van der Waals surface area contributed by atoms with Crippen molar-refractivity contribution in [3.63, 3.8) is 0 Å². The van der Waals surface area contributed by atoms with Crippen molar-refractivity contribution < 1.29 is 18.3 Å². The molecule has 1 fully saturated rings. The van der Waals surface area contributed by atoms with Crippen LogP contribution in [-0.4, -0.2) is 26.3 Å². The number of alkyl halides is 2. The van der Waals surface area contributed by atoms with Gasteiger partial charge in [-0.1, -0.05) is 12.1 Å². The summed E-state index contributed by atoms with van der Waals surface area (Å²) < 4.78 is 34.8. The molecule has 0 aromatic heterocycles. The summed E-state index contributed by atoms with van der Waals surface area (Å²) in [5.41, 5.74) is 5.98. The van der Waals surface area contributed by atoms with Crippen LogP contribution in [0.25, 0.3) is 0 Å². The van der Waals surface area contributed by atoms with Gasteiger partial charge >= 0.3 is 6.61 Å². The Labute approximate surface area is 155 Å².